The lowest BCUT2D eigenvalue weighted by atomic mass is 9.98. The van der Waals surface area contributed by atoms with Gasteiger partial charge in [0.2, 0.25) is 0 Å². The summed E-state index contributed by atoms with van der Waals surface area (Å²) in [5.41, 5.74) is 11.1. The molecule has 0 fully saturated rings. The normalized spacial score (nSPS) is 10.9. The van der Waals surface area contributed by atoms with Gasteiger partial charge in [0.25, 0.3) is 0 Å². The highest BCUT2D eigenvalue weighted by Crippen LogP contribution is 2.46. The zero-order chi connectivity index (χ0) is 30.6. The first-order valence-electron chi connectivity index (χ1n) is 12.3. The molecule has 4 N–H and O–H groups in total. The molecule has 0 unspecified atom stereocenters. The van der Waals surface area contributed by atoms with Crippen molar-refractivity contribution in [3.8, 4) is 0 Å². The van der Waals surface area contributed by atoms with Gasteiger partial charge in [-0.25, -0.2) is 27.2 Å². The van der Waals surface area contributed by atoms with E-state index in [1.54, 1.807) is 12.1 Å². The van der Waals surface area contributed by atoms with Gasteiger partial charge >= 0.3 is 11.9 Å². The zero-order valence-corrected chi connectivity index (χ0v) is 23.9. The summed E-state index contributed by atoms with van der Waals surface area (Å²) in [4.78, 5) is 25.3. The Kier molecular flexibility index (Phi) is 9.69. The summed E-state index contributed by atoms with van der Waals surface area (Å²) in [6, 6.07) is 14.0. The Bertz CT molecular complexity index is 1560. The van der Waals surface area contributed by atoms with Crippen LogP contribution in [-0.2, 0) is 22.3 Å². The third-order valence-corrected chi connectivity index (χ3v) is 8.86. The Morgan fingerprint density at radius 3 is 1.36 bits per heavy atom. The monoisotopic (exact) mass is 616 g/mol. The third kappa shape index (κ3) is 6.34. The van der Waals surface area contributed by atoms with E-state index in [-0.39, 0.29) is 67.4 Å². The van der Waals surface area contributed by atoms with Crippen molar-refractivity contribution in [2.24, 2.45) is 0 Å². The molecule has 4 rings (SSSR count). The van der Waals surface area contributed by atoms with Gasteiger partial charge in [0, 0.05) is 33.8 Å². The molecular formula is C30H24F4N2O4S2. The van der Waals surface area contributed by atoms with Crippen molar-refractivity contribution in [2.75, 3.05) is 25.7 Å². The number of carbonyl (C=O) groups is 2. The van der Waals surface area contributed by atoms with E-state index < -0.39 is 35.2 Å². The van der Waals surface area contributed by atoms with Crippen LogP contribution in [0.2, 0.25) is 0 Å². The van der Waals surface area contributed by atoms with Gasteiger partial charge in [-0.3, -0.25) is 0 Å². The van der Waals surface area contributed by atoms with Crippen LogP contribution in [0.4, 0.5) is 28.9 Å². The Hall–Kier alpha value is -4.16. The first-order chi connectivity index (χ1) is 20.1. The average molecular weight is 617 g/mol. The number of hydrogen-bond donors (Lipinski definition) is 2. The molecule has 218 valence electrons. The maximum atomic E-state index is 15.6. The highest BCUT2D eigenvalue weighted by atomic mass is 33.1. The number of anilines is 2. The minimum atomic E-state index is -0.945. The second-order valence-electron chi connectivity index (χ2n) is 8.94. The molecule has 4 aromatic rings. The van der Waals surface area contributed by atoms with Crippen LogP contribution in [0.15, 0.2) is 70.5 Å². The largest absolute Gasteiger partial charge is 0.465 e. The summed E-state index contributed by atoms with van der Waals surface area (Å²) in [5.74, 6) is -4.81. The van der Waals surface area contributed by atoms with Crippen molar-refractivity contribution in [1.29, 1.82) is 0 Å². The van der Waals surface area contributed by atoms with E-state index in [9.17, 15) is 18.4 Å². The Morgan fingerprint density at radius 2 is 1.02 bits per heavy atom. The molecule has 0 aliphatic rings. The number of methoxy groups -OCH3 is 2. The summed E-state index contributed by atoms with van der Waals surface area (Å²) in [6.07, 6.45) is -0.537. The van der Waals surface area contributed by atoms with E-state index in [2.05, 4.69) is 0 Å². The molecule has 0 aromatic heterocycles. The molecule has 4 aromatic carbocycles. The van der Waals surface area contributed by atoms with Crippen LogP contribution in [0, 0.1) is 23.3 Å². The van der Waals surface area contributed by atoms with E-state index in [1.807, 2.05) is 0 Å². The van der Waals surface area contributed by atoms with Crippen molar-refractivity contribution >= 4 is 44.9 Å². The predicted molar refractivity (Wildman–Crippen MR) is 154 cm³/mol. The molecule has 12 heteroatoms. The van der Waals surface area contributed by atoms with Crippen LogP contribution in [0.3, 0.4) is 0 Å². The van der Waals surface area contributed by atoms with E-state index in [0.29, 0.717) is 0 Å². The lowest BCUT2D eigenvalue weighted by Gasteiger charge is -2.17. The molecule has 0 saturated heterocycles. The molecule has 0 heterocycles. The van der Waals surface area contributed by atoms with Crippen LogP contribution < -0.4 is 11.5 Å². The number of nitrogens with two attached hydrogens (primary N) is 2. The number of halogens is 4. The van der Waals surface area contributed by atoms with Crippen LogP contribution in [0.5, 0.6) is 0 Å². The molecule has 0 aliphatic carbocycles. The SMILES string of the molecule is COC(=O)c1cc(SSc2cc(C(=O)OC)c(Cc3ccccc3F)c(F)c2N)c(N)c(F)c1Cc1ccccc1F. The van der Waals surface area contributed by atoms with Crippen molar-refractivity contribution < 1.29 is 36.6 Å². The fourth-order valence-corrected chi connectivity index (χ4v) is 6.43. The van der Waals surface area contributed by atoms with E-state index >= 15 is 8.78 Å². The van der Waals surface area contributed by atoms with E-state index in [4.69, 9.17) is 20.9 Å². The first-order valence-corrected chi connectivity index (χ1v) is 14.4. The van der Waals surface area contributed by atoms with Gasteiger partial charge in [-0.15, -0.1) is 0 Å². The number of ether oxygens (including phenoxy) is 2. The molecule has 0 aliphatic heterocycles. The summed E-state index contributed by atoms with van der Waals surface area (Å²) >= 11 is 0. The molecule has 0 bridgehead atoms. The van der Waals surface area contributed by atoms with Crippen molar-refractivity contribution in [3.63, 3.8) is 0 Å². The highest BCUT2D eigenvalue weighted by molar-refractivity contribution is 8.76. The van der Waals surface area contributed by atoms with Gasteiger partial charge in [-0.2, -0.15) is 0 Å². The summed E-state index contributed by atoms with van der Waals surface area (Å²) < 4.78 is 69.3. The first kappa shape index (κ1) is 30.8. The topological polar surface area (TPSA) is 105 Å². The molecule has 0 saturated carbocycles. The fourth-order valence-electron chi connectivity index (χ4n) is 4.19. The number of benzene rings is 4. The van der Waals surface area contributed by atoms with Gasteiger partial charge in [0.1, 0.15) is 11.6 Å². The second-order valence-corrected chi connectivity index (χ2v) is 11.2. The Balaban J connectivity index is 1.72. The van der Waals surface area contributed by atoms with Gasteiger partial charge < -0.3 is 20.9 Å². The van der Waals surface area contributed by atoms with Gasteiger partial charge in [-0.05, 0) is 35.4 Å². The number of carbonyl (C=O) groups excluding carboxylic acids is 2. The Labute approximate surface area is 246 Å². The maximum absolute atomic E-state index is 15.6. The number of nitrogen functional groups attached to an aromatic ring is 2. The molecule has 6 nitrogen and oxygen atoms in total. The van der Waals surface area contributed by atoms with Crippen LogP contribution in [0.25, 0.3) is 0 Å². The quantitative estimate of drug-likeness (QED) is 0.0900. The van der Waals surface area contributed by atoms with E-state index in [1.165, 1.54) is 48.5 Å². The summed E-state index contributed by atoms with van der Waals surface area (Å²) in [7, 11) is 3.93. The summed E-state index contributed by atoms with van der Waals surface area (Å²) in [6.45, 7) is 0. The van der Waals surface area contributed by atoms with Crippen LogP contribution >= 0.6 is 21.6 Å². The molecule has 0 amide bonds. The lowest BCUT2D eigenvalue weighted by Crippen LogP contribution is -2.12. The second kappa shape index (κ2) is 13.2. The third-order valence-electron chi connectivity index (χ3n) is 6.42. The number of hydrogen-bond acceptors (Lipinski definition) is 8. The fraction of sp³-hybridized carbons (Fsp3) is 0.133. The Morgan fingerprint density at radius 1 is 0.667 bits per heavy atom. The molecular weight excluding hydrogens is 592 g/mol. The zero-order valence-electron chi connectivity index (χ0n) is 22.3. The van der Waals surface area contributed by atoms with E-state index in [0.717, 1.165) is 35.8 Å². The smallest absolute Gasteiger partial charge is 0.338 e. The van der Waals surface area contributed by atoms with Crippen LogP contribution in [0.1, 0.15) is 43.0 Å². The number of esters is 2. The van der Waals surface area contributed by atoms with Crippen molar-refractivity contribution in [1.82, 2.24) is 0 Å². The van der Waals surface area contributed by atoms with Gasteiger partial charge in [-0.1, -0.05) is 58.0 Å². The summed E-state index contributed by atoms with van der Waals surface area (Å²) in [5, 5.41) is 0. The molecule has 42 heavy (non-hydrogen) atoms. The van der Waals surface area contributed by atoms with Crippen molar-refractivity contribution in [2.45, 2.75) is 22.6 Å². The van der Waals surface area contributed by atoms with Crippen LogP contribution in [-0.4, -0.2) is 26.2 Å². The lowest BCUT2D eigenvalue weighted by molar-refractivity contribution is 0.0589. The molecule has 0 spiro atoms. The standard InChI is InChI=1S/C30H24F4N2O4S2/c1-39-29(37)19-13-23(27(35)25(33)17(19)11-15-7-3-5-9-21(15)31)41-42-24-14-20(30(38)40-2)18(26(34)28(24)36)12-16-8-4-6-10-22(16)32/h3-10,13-14H,11-12,35-36H2,1-2H3. The minimum absolute atomic E-state index is 0.0741. The average Bonchev–Trinajstić information content (AvgIpc) is 2.99. The maximum Gasteiger partial charge on any atom is 0.338 e. The van der Waals surface area contributed by atoms with Crippen molar-refractivity contribution in [3.05, 3.63) is 117 Å². The van der Waals surface area contributed by atoms with Gasteiger partial charge in [0.15, 0.2) is 11.6 Å². The highest BCUT2D eigenvalue weighted by Gasteiger charge is 2.26. The predicted octanol–water partition coefficient (Wildman–Crippen LogP) is 6.96. The van der Waals surface area contributed by atoms with Gasteiger partial charge in [0.05, 0.1) is 36.7 Å². The number of rotatable bonds is 9. The molecule has 0 radical (unpaired) electrons. The minimum Gasteiger partial charge on any atom is -0.465 e. The molecule has 0 atom stereocenters.